The van der Waals surface area contributed by atoms with Crippen LogP contribution in [0.4, 0.5) is 5.69 Å². The quantitative estimate of drug-likeness (QED) is 0.450. The molecule has 1 saturated heterocycles. The number of benzene rings is 2. The maximum Gasteiger partial charge on any atom is 0.243 e. The van der Waals surface area contributed by atoms with Gasteiger partial charge in [-0.05, 0) is 49.2 Å². The summed E-state index contributed by atoms with van der Waals surface area (Å²) in [6.07, 6.45) is 3.79. The normalized spacial score (nSPS) is 15.9. The van der Waals surface area contributed by atoms with Crippen LogP contribution in [0.2, 0.25) is 0 Å². The number of anilines is 1. The number of sulfonamides is 2. The van der Waals surface area contributed by atoms with Crippen molar-refractivity contribution in [2.24, 2.45) is 0 Å². The number of rotatable bonds is 10. The van der Waals surface area contributed by atoms with Gasteiger partial charge in [0.25, 0.3) is 0 Å². The molecule has 11 nitrogen and oxygen atoms in total. The number of fused-ring (bicyclic) bond motifs is 1. The molecular weight excluding hydrogens is 510 g/mol. The average molecular weight is 540 g/mol. The molecule has 0 radical (unpaired) electrons. The van der Waals surface area contributed by atoms with Gasteiger partial charge < -0.3 is 19.5 Å². The molecule has 13 heteroatoms. The molecule has 1 N–H and O–H groups in total. The summed E-state index contributed by atoms with van der Waals surface area (Å²) in [6.45, 7) is 0.951. The second kappa shape index (κ2) is 10.9. The molecule has 1 fully saturated rings. The minimum atomic E-state index is -3.74. The van der Waals surface area contributed by atoms with Crippen molar-refractivity contribution in [3.8, 4) is 17.2 Å². The standard InChI is InChI=1S/C23H29N3O8S2/c1-35(28,29)26(18-5-10-21-22(15-18)34-17-33-21)16-23(27)24-11-14-32-19-6-8-20(9-7-19)36(30,31)25-12-3-2-4-13-25/h5-10,15H,2-4,11-14,16-17H2,1H3,(H,24,27). The number of nitrogens with zero attached hydrogens (tertiary/aromatic N) is 2. The van der Waals surface area contributed by atoms with E-state index in [-0.39, 0.29) is 30.5 Å². The predicted molar refractivity (Wildman–Crippen MR) is 132 cm³/mol. The zero-order chi connectivity index (χ0) is 25.8. The van der Waals surface area contributed by atoms with Crippen molar-refractivity contribution in [2.45, 2.75) is 24.2 Å². The van der Waals surface area contributed by atoms with Crippen molar-refractivity contribution < 1.29 is 35.8 Å². The van der Waals surface area contributed by atoms with E-state index in [4.69, 9.17) is 14.2 Å². The topological polar surface area (TPSA) is 132 Å². The first-order valence-electron chi connectivity index (χ1n) is 11.5. The van der Waals surface area contributed by atoms with Crippen LogP contribution in [0.1, 0.15) is 19.3 Å². The molecule has 36 heavy (non-hydrogen) atoms. The summed E-state index contributed by atoms with van der Waals surface area (Å²) in [6, 6.07) is 10.8. The lowest BCUT2D eigenvalue weighted by atomic mass is 10.2. The molecule has 0 aromatic heterocycles. The van der Waals surface area contributed by atoms with Gasteiger partial charge in [-0.15, -0.1) is 0 Å². The van der Waals surface area contributed by atoms with Gasteiger partial charge in [0.1, 0.15) is 18.9 Å². The van der Waals surface area contributed by atoms with Crippen molar-refractivity contribution in [3.63, 3.8) is 0 Å². The Morgan fingerprint density at radius 3 is 2.39 bits per heavy atom. The van der Waals surface area contributed by atoms with Crippen LogP contribution in [0.3, 0.4) is 0 Å². The summed E-state index contributed by atoms with van der Waals surface area (Å²) in [5, 5.41) is 2.63. The van der Waals surface area contributed by atoms with E-state index in [2.05, 4.69) is 5.32 Å². The lowest BCUT2D eigenvalue weighted by molar-refractivity contribution is -0.119. The van der Waals surface area contributed by atoms with E-state index >= 15 is 0 Å². The summed E-state index contributed by atoms with van der Waals surface area (Å²) >= 11 is 0. The maximum absolute atomic E-state index is 12.7. The Balaban J connectivity index is 1.27. The summed E-state index contributed by atoms with van der Waals surface area (Å²) < 4.78 is 68.6. The van der Waals surface area contributed by atoms with Gasteiger partial charge in [-0.1, -0.05) is 6.42 Å². The zero-order valence-electron chi connectivity index (χ0n) is 19.9. The molecular formula is C23H29N3O8S2. The molecule has 0 bridgehead atoms. The third-order valence-electron chi connectivity index (χ3n) is 5.80. The van der Waals surface area contributed by atoms with Gasteiger partial charge in [0.15, 0.2) is 11.5 Å². The monoisotopic (exact) mass is 539 g/mol. The van der Waals surface area contributed by atoms with E-state index in [1.807, 2.05) is 0 Å². The van der Waals surface area contributed by atoms with Crippen molar-refractivity contribution in [2.75, 3.05) is 50.1 Å². The van der Waals surface area contributed by atoms with Crippen molar-refractivity contribution >= 4 is 31.6 Å². The van der Waals surface area contributed by atoms with E-state index in [9.17, 15) is 21.6 Å². The maximum atomic E-state index is 12.7. The molecule has 0 saturated carbocycles. The van der Waals surface area contributed by atoms with Crippen molar-refractivity contribution in [1.29, 1.82) is 0 Å². The average Bonchev–Trinajstić information content (AvgIpc) is 3.33. The number of nitrogens with one attached hydrogen (secondary N) is 1. The van der Waals surface area contributed by atoms with E-state index in [1.54, 1.807) is 24.3 Å². The molecule has 2 heterocycles. The number of carbonyl (C=O) groups excluding carboxylic acids is 1. The van der Waals surface area contributed by atoms with Crippen LogP contribution in [-0.4, -0.2) is 72.9 Å². The van der Waals surface area contributed by atoms with Crippen molar-refractivity contribution in [1.82, 2.24) is 9.62 Å². The Kier molecular flexibility index (Phi) is 7.91. The third-order valence-corrected chi connectivity index (χ3v) is 8.85. The molecule has 0 unspecified atom stereocenters. The second-order valence-electron chi connectivity index (χ2n) is 8.44. The smallest absolute Gasteiger partial charge is 0.243 e. The number of ether oxygens (including phenoxy) is 3. The molecule has 2 aromatic rings. The van der Waals surface area contributed by atoms with Gasteiger partial charge in [0, 0.05) is 19.2 Å². The van der Waals surface area contributed by atoms with Crippen LogP contribution < -0.4 is 23.8 Å². The number of amides is 1. The highest BCUT2D eigenvalue weighted by Gasteiger charge is 2.26. The Morgan fingerprint density at radius 1 is 1.00 bits per heavy atom. The van der Waals surface area contributed by atoms with Crippen LogP contribution in [0.15, 0.2) is 47.4 Å². The number of hydrogen-bond acceptors (Lipinski definition) is 8. The number of hydrogen-bond donors (Lipinski definition) is 1. The fourth-order valence-electron chi connectivity index (χ4n) is 3.95. The lowest BCUT2D eigenvalue weighted by Gasteiger charge is -2.25. The Morgan fingerprint density at radius 2 is 1.69 bits per heavy atom. The first-order chi connectivity index (χ1) is 17.1. The molecule has 2 aliphatic heterocycles. The molecule has 196 valence electrons. The largest absolute Gasteiger partial charge is 0.492 e. The van der Waals surface area contributed by atoms with Crippen LogP contribution in [0.25, 0.3) is 0 Å². The SMILES string of the molecule is CS(=O)(=O)N(CC(=O)NCCOc1ccc(S(=O)(=O)N2CCCCC2)cc1)c1ccc2c(c1)OCO2. The van der Waals surface area contributed by atoms with Crippen LogP contribution >= 0.6 is 0 Å². The second-order valence-corrected chi connectivity index (χ2v) is 12.3. The van der Waals surface area contributed by atoms with E-state index in [0.29, 0.717) is 30.3 Å². The highest BCUT2D eigenvalue weighted by Crippen LogP contribution is 2.36. The van der Waals surface area contributed by atoms with E-state index in [0.717, 1.165) is 29.8 Å². The van der Waals surface area contributed by atoms with Gasteiger partial charge >= 0.3 is 0 Å². The Labute approximate surface area is 211 Å². The fourth-order valence-corrected chi connectivity index (χ4v) is 6.31. The predicted octanol–water partition coefficient (Wildman–Crippen LogP) is 1.55. The van der Waals surface area contributed by atoms with E-state index < -0.39 is 32.5 Å². The number of carbonyl (C=O) groups is 1. The Bertz CT molecular complexity index is 1290. The van der Waals surface area contributed by atoms with Gasteiger partial charge in [-0.3, -0.25) is 9.10 Å². The van der Waals surface area contributed by atoms with Gasteiger partial charge in [0.05, 0.1) is 23.4 Å². The molecule has 0 spiro atoms. The zero-order valence-corrected chi connectivity index (χ0v) is 21.5. The molecule has 2 aliphatic rings. The van der Waals surface area contributed by atoms with Crippen LogP contribution in [-0.2, 0) is 24.8 Å². The summed E-state index contributed by atoms with van der Waals surface area (Å²) in [5.74, 6) is 0.861. The van der Waals surface area contributed by atoms with Gasteiger partial charge in [0.2, 0.25) is 32.7 Å². The highest BCUT2D eigenvalue weighted by atomic mass is 32.2. The first-order valence-corrected chi connectivity index (χ1v) is 14.8. The molecule has 4 rings (SSSR count). The minimum absolute atomic E-state index is 0.0507. The van der Waals surface area contributed by atoms with Crippen LogP contribution in [0, 0.1) is 0 Å². The summed E-state index contributed by atoms with van der Waals surface area (Å²) in [4.78, 5) is 12.6. The molecule has 0 aliphatic carbocycles. The number of piperidine rings is 1. The molecule has 1 amide bonds. The molecule has 0 atom stereocenters. The minimum Gasteiger partial charge on any atom is -0.492 e. The summed E-state index contributed by atoms with van der Waals surface area (Å²) in [5.41, 5.74) is 0.285. The van der Waals surface area contributed by atoms with Crippen molar-refractivity contribution in [3.05, 3.63) is 42.5 Å². The van der Waals surface area contributed by atoms with E-state index in [1.165, 1.54) is 22.5 Å². The first kappa shape index (κ1) is 26.0. The lowest BCUT2D eigenvalue weighted by Crippen LogP contribution is -2.41. The Hall–Kier alpha value is -3.03. The van der Waals surface area contributed by atoms with Gasteiger partial charge in [-0.2, -0.15) is 4.31 Å². The fraction of sp³-hybridized carbons (Fsp3) is 0.435. The highest BCUT2D eigenvalue weighted by molar-refractivity contribution is 7.92. The van der Waals surface area contributed by atoms with Crippen LogP contribution in [0.5, 0.6) is 17.2 Å². The van der Waals surface area contributed by atoms with Gasteiger partial charge in [-0.25, -0.2) is 16.8 Å². The third kappa shape index (κ3) is 6.20. The molecule has 2 aromatic carbocycles. The summed E-state index contributed by atoms with van der Waals surface area (Å²) in [7, 11) is -7.25.